The number of carbonyl (C=O) groups is 1. The van der Waals surface area contributed by atoms with Gasteiger partial charge in [-0.05, 0) is 12.0 Å². The maximum Gasteiger partial charge on any atom is 0.312 e. The van der Waals surface area contributed by atoms with Crippen LogP contribution in [0.5, 0.6) is 0 Å². The van der Waals surface area contributed by atoms with E-state index in [1.54, 1.807) is 0 Å². The van der Waals surface area contributed by atoms with Crippen molar-refractivity contribution < 1.29 is 9.53 Å². The van der Waals surface area contributed by atoms with E-state index in [1.807, 2.05) is 30.3 Å². The van der Waals surface area contributed by atoms with Gasteiger partial charge in [0.2, 0.25) is 0 Å². The van der Waals surface area contributed by atoms with Gasteiger partial charge in [-0.2, -0.15) is 0 Å². The van der Waals surface area contributed by atoms with E-state index in [2.05, 4.69) is 4.74 Å². The van der Waals surface area contributed by atoms with Crippen LogP contribution in [-0.2, 0) is 16.0 Å². The van der Waals surface area contributed by atoms with Crippen molar-refractivity contribution >= 4 is 5.97 Å². The summed E-state index contributed by atoms with van der Waals surface area (Å²) in [6, 6.07) is 10.0. The molecule has 1 aliphatic rings. The molecule has 0 bridgehead atoms. The van der Waals surface area contributed by atoms with Crippen LogP contribution in [0.25, 0.3) is 0 Å². The van der Waals surface area contributed by atoms with Crippen LogP contribution in [0.2, 0.25) is 0 Å². The van der Waals surface area contributed by atoms with Crippen molar-refractivity contribution in [1.82, 2.24) is 0 Å². The van der Waals surface area contributed by atoms with E-state index in [0.29, 0.717) is 6.61 Å². The number of benzene rings is 1. The van der Waals surface area contributed by atoms with Gasteiger partial charge < -0.3 is 4.74 Å². The maximum atomic E-state index is 10.8. The first-order valence-corrected chi connectivity index (χ1v) is 4.07. The molecule has 1 aliphatic heterocycles. The van der Waals surface area contributed by atoms with Crippen LogP contribution in [0.4, 0.5) is 0 Å². The van der Waals surface area contributed by atoms with Crippen LogP contribution >= 0.6 is 0 Å². The van der Waals surface area contributed by atoms with Gasteiger partial charge in [0, 0.05) is 0 Å². The summed E-state index contributed by atoms with van der Waals surface area (Å²) in [7, 11) is 0. The molecule has 0 N–H and O–H groups in total. The molecular formula is C10H10O2. The zero-order chi connectivity index (χ0) is 8.39. The van der Waals surface area contributed by atoms with Crippen LogP contribution in [0.15, 0.2) is 30.3 Å². The zero-order valence-electron chi connectivity index (χ0n) is 6.69. The Bertz CT molecular complexity index is 279. The summed E-state index contributed by atoms with van der Waals surface area (Å²) in [6.45, 7) is 0.591. The molecule has 0 spiro atoms. The predicted octanol–water partition coefficient (Wildman–Crippen LogP) is 1.40. The van der Waals surface area contributed by atoms with Gasteiger partial charge in [-0.15, -0.1) is 0 Å². The van der Waals surface area contributed by atoms with E-state index >= 15 is 0 Å². The lowest BCUT2D eigenvalue weighted by Gasteiger charge is -2.24. The second-order valence-corrected chi connectivity index (χ2v) is 3.02. The number of esters is 1. The summed E-state index contributed by atoms with van der Waals surface area (Å²) in [4.78, 5) is 10.8. The van der Waals surface area contributed by atoms with Gasteiger partial charge in [0.05, 0.1) is 5.92 Å². The van der Waals surface area contributed by atoms with Gasteiger partial charge in [0.1, 0.15) is 6.61 Å². The molecule has 1 saturated heterocycles. The van der Waals surface area contributed by atoms with Crippen molar-refractivity contribution in [2.75, 3.05) is 6.61 Å². The largest absolute Gasteiger partial charge is 0.464 e. The Kier molecular flexibility index (Phi) is 1.82. The molecule has 2 rings (SSSR count). The van der Waals surface area contributed by atoms with Crippen LogP contribution in [0.3, 0.4) is 0 Å². The Morgan fingerprint density at radius 3 is 2.58 bits per heavy atom. The van der Waals surface area contributed by atoms with Crippen molar-refractivity contribution in [1.29, 1.82) is 0 Å². The Morgan fingerprint density at radius 1 is 1.33 bits per heavy atom. The smallest absolute Gasteiger partial charge is 0.312 e. The standard InChI is InChI=1S/C10H10O2/c11-10-9(7-12-10)6-8-4-2-1-3-5-8/h1-5,9H,6-7H2/t9-/m0/s1. The third-order valence-electron chi connectivity index (χ3n) is 2.09. The fraction of sp³-hybridized carbons (Fsp3) is 0.300. The highest BCUT2D eigenvalue weighted by molar-refractivity contribution is 5.77. The molecule has 62 valence electrons. The monoisotopic (exact) mass is 162 g/mol. The van der Waals surface area contributed by atoms with E-state index in [1.165, 1.54) is 5.56 Å². The number of carbonyl (C=O) groups excluding carboxylic acids is 1. The van der Waals surface area contributed by atoms with Crippen molar-refractivity contribution in [2.45, 2.75) is 6.42 Å². The number of hydrogen-bond donors (Lipinski definition) is 0. The fourth-order valence-electron chi connectivity index (χ4n) is 1.31. The molecule has 0 aromatic heterocycles. The number of cyclic esters (lactones) is 1. The highest BCUT2D eigenvalue weighted by atomic mass is 16.6. The Labute approximate surface area is 71.2 Å². The van der Waals surface area contributed by atoms with E-state index in [0.717, 1.165) is 6.42 Å². The van der Waals surface area contributed by atoms with Gasteiger partial charge in [-0.25, -0.2) is 0 Å². The van der Waals surface area contributed by atoms with Crippen molar-refractivity contribution in [3.05, 3.63) is 35.9 Å². The number of hydrogen-bond acceptors (Lipinski definition) is 2. The molecule has 0 amide bonds. The summed E-state index contributed by atoms with van der Waals surface area (Å²) in [6.07, 6.45) is 0.819. The Morgan fingerprint density at radius 2 is 2.08 bits per heavy atom. The highest BCUT2D eigenvalue weighted by Crippen LogP contribution is 2.17. The lowest BCUT2D eigenvalue weighted by molar-refractivity contribution is -0.168. The summed E-state index contributed by atoms with van der Waals surface area (Å²) >= 11 is 0. The second-order valence-electron chi connectivity index (χ2n) is 3.02. The van der Waals surface area contributed by atoms with Crippen LogP contribution in [0, 0.1) is 5.92 Å². The van der Waals surface area contributed by atoms with E-state index in [-0.39, 0.29) is 11.9 Å². The molecule has 0 unspecified atom stereocenters. The Hall–Kier alpha value is -1.31. The first kappa shape index (κ1) is 7.35. The van der Waals surface area contributed by atoms with Crippen molar-refractivity contribution in [3.63, 3.8) is 0 Å². The van der Waals surface area contributed by atoms with E-state index in [9.17, 15) is 4.79 Å². The number of rotatable bonds is 2. The molecule has 1 aromatic rings. The molecular weight excluding hydrogens is 152 g/mol. The zero-order valence-corrected chi connectivity index (χ0v) is 6.69. The molecule has 2 nitrogen and oxygen atoms in total. The van der Waals surface area contributed by atoms with Gasteiger partial charge in [-0.3, -0.25) is 4.79 Å². The van der Waals surface area contributed by atoms with Gasteiger partial charge in [0.15, 0.2) is 0 Å². The van der Waals surface area contributed by atoms with Gasteiger partial charge in [-0.1, -0.05) is 30.3 Å². The topological polar surface area (TPSA) is 26.3 Å². The Balaban J connectivity index is 2.00. The minimum absolute atomic E-state index is 0.0566. The normalized spacial score (nSPS) is 21.3. The molecule has 12 heavy (non-hydrogen) atoms. The van der Waals surface area contributed by atoms with Crippen LogP contribution in [-0.4, -0.2) is 12.6 Å². The molecule has 0 aliphatic carbocycles. The molecule has 0 saturated carbocycles. The van der Waals surface area contributed by atoms with Crippen molar-refractivity contribution in [3.8, 4) is 0 Å². The molecule has 1 aromatic carbocycles. The lowest BCUT2D eigenvalue weighted by Crippen LogP contribution is -2.35. The molecule has 1 atom stereocenters. The maximum absolute atomic E-state index is 10.8. The van der Waals surface area contributed by atoms with E-state index < -0.39 is 0 Å². The summed E-state index contributed by atoms with van der Waals surface area (Å²) in [5, 5.41) is 0. The number of ether oxygens (including phenoxy) is 1. The second kappa shape index (κ2) is 2.97. The average Bonchev–Trinajstić information content (AvgIpc) is 2.14. The lowest BCUT2D eigenvalue weighted by atomic mass is 9.97. The van der Waals surface area contributed by atoms with Crippen LogP contribution < -0.4 is 0 Å². The molecule has 0 radical (unpaired) electrons. The first-order chi connectivity index (χ1) is 5.86. The third-order valence-corrected chi connectivity index (χ3v) is 2.09. The predicted molar refractivity (Wildman–Crippen MR) is 44.6 cm³/mol. The minimum Gasteiger partial charge on any atom is -0.464 e. The minimum atomic E-state index is -0.0566. The van der Waals surface area contributed by atoms with Crippen LogP contribution in [0.1, 0.15) is 5.56 Å². The SMILES string of the molecule is O=C1OC[C@@H]1Cc1ccccc1. The fourth-order valence-corrected chi connectivity index (χ4v) is 1.31. The van der Waals surface area contributed by atoms with Gasteiger partial charge >= 0.3 is 5.97 Å². The first-order valence-electron chi connectivity index (χ1n) is 4.07. The molecule has 1 heterocycles. The quantitative estimate of drug-likeness (QED) is 0.614. The average molecular weight is 162 g/mol. The summed E-state index contributed by atoms with van der Waals surface area (Å²) < 4.78 is 4.68. The summed E-state index contributed by atoms with van der Waals surface area (Å²) in [5.41, 5.74) is 1.21. The van der Waals surface area contributed by atoms with Gasteiger partial charge in [0.25, 0.3) is 0 Å². The third kappa shape index (κ3) is 1.33. The molecule has 2 heteroatoms. The summed E-state index contributed by atoms with van der Waals surface area (Å²) in [5.74, 6) is 0.0475. The molecule has 1 fully saturated rings. The van der Waals surface area contributed by atoms with Crippen molar-refractivity contribution in [2.24, 2.45) is 5.92 Å². The van der Waals surface area contributed by atoms with E-state index in [4.69, 9.17) is 0 Å². The highest BCUT2D eigenvalue weighted by Gasteiger charge is 2.30.